The molecule has 0 aliphatic heterocycles. The molecule has 7 nitrogen and oxygen atoms in total. The fourth-order valence-corrected chi connectivity index (χ4v) is 2.68. The number of carbonyl (C=O) groups is 2. The van der Waals surface area contributed by atoms with E-state index >= 15 is 0 Å². The maximum Gasteiger partial charge on any atom is 0.254 e. The highest BCUT2D eigenvalue weighted by Crippen LogP contribution is 2.09. The van der Waals surface area contributed by atoms with Crippen LogP contribution in [-0.2, 0) is 11.2 Å². The zero-order chi connectivity index (χ0) is 19.9. The second kappa shape index (κ2) is 9.03. The molecule has 2 amide bonds. The Bertz CT molecular complexity index is 989. The molecule has 2 heterocycles. The molecule has 1 aromatic carbocycles. The summed E-state index contributed by atoms with van der Waals surface area (Å²) in [6.07, 6.45) is 3.01. The SMILES string of the molecule is O=C(CCCNC(=O)c1ccc(F)cc1F)NCCc1nnc2ccccn12. The van der Waals surface area contributed by atoms with Gasteiger partial charge in [0.1, 0.15) is 17.5 Å². The van der Waals surface area contributed by atoms with Gasteiger partial charge in [0, 0.05) is 38.2 Å². The summed E-state index contributed by atoms with van der Waals surface area (Å²) >= 11 is 0. The number of carbonyl (C=O) groups excluding carboxylic acids is 2. The highest BCUT2D eigenvalue weighted by atomic mass is 19.1. The van der Waals surface area contributed by atoms with Crippen molar-refractivity contribution in [2.45, 2.75) is 19.3 Å². The van der Waals surface area contributed by atoms with Gasteiger partial charge in [-0.1, -0.05) is 6.07 Å². The van der Waals surface area contributed by atoms with E-state index in [1.54, 1.807) is 0 Å². The highest BCUT2D eigenvalue weighted by molar-refractivity contribution is 5.94. The number of halogens is 2. The summed E-state index contributed by atoms with van der Waals surface area (Å²) in [6.45, 7) is 0.625. The molecule has 0 saturated carbocycles. The number of benzene rings is 1. The third-order valence-corrected chi connectivity index (χ3v) is 4.10. The lowest BCUT2D eigenvalue weighted by atomic mass is 10.2. The minimum Gasteiger partial charge on any atom is -0.356 e. The fourth-order valence-electron chi connectivity index (χ4n) is 2.68. The molecule has 0 aliphatic carbocycles. The molecule has 0 radical (unpaired) electrons. The molecule has 3 rings (SSSR count). The van der Waals surface area contributed by atoms with Crippen molar-refractivity contribution in [1.82, 2.24) is 25.2 Å². The fraction of sp³-hybridized carbons (Fsp3) is 0.263. The van der Waals surface area contributed by atoms with E-state index in [1.807, 2.05) is 28.8 Å². The van der Waals surface area contributed by atoms with Crippen molar-refractivity contribution in [3.63, 3.8) is 0 Å². The highest BCUT2D eigenvalue weighted by Gasteiger charge is 2.12. The molecule has 0 fully saturated rings. The number of hydrogen-bond acceptors (Lipinski definition) is 4. The summed E-state index contributed by atoms with van der Waals surface area (Å²) in [4.78, 5) is 23.7. The Morgan fingerprint density at radius 1 is 1.04 bits per heavy atom. The summed E-state index contributed by atoms with van der Waals surface area (Å²) in [6, 6.07) is 8.36. The van der Waals surface area contributed by atoms with Gasteiger partial charge >= 0.3 is 0 Å². The van der Waals surface area contributed by atoms with Crippen molar-refractivity contribution in [2.75, 3.05) is 13.1 Å². The Labute approximate surface area is 159 Å². The number of pyridine rings is 1. The smallest absolute Gasteiger partial charge is 0.254 e. The molecule has 0 spiro atoms. The van der Waals surface area contributed by atoms with Crippen molar-refractivity contribution >= 4 is 17.5 Å². The second-order valence-corrected chi connectivity index (χ2v) is 6.13. The van der Waals surface area contributed by atoms with E-state index in [0.717, 1.165) is 23.6 Å². The molecule has 2 N–H and O–H groups in total. The Hall–Kier alpha value is -3.36. The van der Waals surface area contributed by atoms with Crippen LogP contribution >= 0.6 is 0 Å². The van der Waals surface area contributed by atoms with E-state index in [1.165, 1.54) is 0 Å². The van der Waals surface area contributed by atoms with E-state index < -0.39 is 17.5 Å². The van der Waals surface area contributed by atoms with E-state index in [4.69, 9.17) is 0 Å². The van der Waals surface area contributed by atoms with Gasteiger partial charge in [-0.15, -0.1) is 10.2 Å². The van der Waals surface area contributed by atoms with E-state index in [2.05, 4.69) is 20.8 Å². The zero-order valence-corrected chi connectivity index (χ0v) is 15.0. The van der Waals surface area contributed by atoms with Crippen molar-refractivity contribution in [3.05, 3.63) is 65.6 Å². The summed E-state index contributed by atoms with van der Waals surface area (Å²) < 4.78 is 28.2. The number of rotatable bonds is 8. The molecule has 0 saturated heterocycles. The lowest BCUT2D eigenvalue weighted by Gasteiger charge is -2.07. The first-order valence-corrected chi connectivity index (χ1v) is 8.83. The molecule has 28 heavy (non-hydrogen) atoms. The third kappa shape index (κ3) is 4.87. The Balaban J connectivity index is 1.35. The van der Waals surface area contributed by atoms with Crippen molar-refractivity contribution in [2.24, 2.45) is 0 Å². The predicted octanol–water partition coefficient (Wildman–Crippen LogP) is 1.88. The van der Waals surface area contributed by atoms with Crippen LogP contribution in [0.3, 0.4) is 0 Å². The second-order valence-electron chi connectivity index (χ2n) is 6.13. The maximum absolute atomic E-state index is 13.5. The first-order valence-electron chi connectivity index (χ1n) is 8.83. The van der Waals surface area contributed by atoms with Gasteiger partial charge in [0.05, 0.1) is 5.56 Å². The predicted molar refractivity (Wildman–Crippen MR) is 97.6 cm³/mol. The number of nitrogens with one attached hydrogen (secondary N) is 2. The maximum atomic E-state index is 13.5. The molecule has 2 aromatic heterocycles. The molecule has 0 bridgehead atoms. The zero-order valence-electron chi connectivity index (χ0n) is 15.0. The van der Waals surface area contributed by atoms with Crippen LogP contribution in [0.2, 0.25) is 0 Å². The van der Waals surface area contributed by atoms with Gasteiger partial charge in [-0.25, -0.2) is 8.78 Å². The Morgan fingerprint density at radius 3 is 2.71 bits per heavy atom. The van der Waals surface area contributed by atoms with Gasteiger partial charge in [0.2, 0.25) is 5.91 Å². The lowest BCUT2D eigenvalue weighted by molar-refractivity contribution is -0.121. The summed E-state index contributed by atoms with van der Waals surface area (Å²) in [5.74, 6) is -1.71. The first kappa shape index (κ1) is 19.4. The van der Waals surface area contributed by atoms with Crippen LogP contribution in [0.4, 0.5) is 8.78 Å². The van der Waals surface area contributed by atoms with Crippen LogP contribution < -0.4 is 10.6 Å². The number of amides is 2. The Morgan fingerprint density at radius 2 is 1.89 bits per heavy atom. The average molecular weight is 387 g/mol. The molecule has 146 valence electrons. The molecular formula is C19H19F2N5O2. The van der Waals surface area contributed by atoms with Crippen LogP contribution in [0.5, 0.6) is 0 Å². The molecule has 0 aliphatic rings. The minimum absolute atomic E-state index is 0.156. The topological polar surface area (TPSA) is 88.4 Å². The molecule has 3 aromatic rings. The number of hydrogen-bond donors (Lipinski definition) is 2. The largest absolute Gasteiger partial charge is 0.356 e. The summed E-state index contributed by atoms with van der Waals surface area (Å²) in [5.41, 5.74) is 0.517. The molecule has 9 heteroatoms. The van der Waals surface area contributed by atoms with Crippen molar-refractivity contribution < 1.29 is 18.4 Å². The van der Waals surface area contributed by atoms with E-state index in [9.17, 15) is 18.4 Å². The molecule has 0 unspecified atom stereocenters. The third-order valence-electron chi connectivity index (χ3n) is 4.10. The van der Waals surface area contributed by atoms with E-state index in [0.29, 0.717) is 25.5 Å². The normalized spacial score (nSPS) is 10.8. The first-order chi connectivity index (χ1) is 13.5. The van der Waals surface area contributed by atoms with Crippen LogP contribution in [0.15, 0.2) is 42.6 Å². The van der Waals surface area contributed by atoms with Gasteiger partial charge in [-0.2, -0.15) is 0 Å². The van der Waals surface area contributed by atoms with Gasteiger partial charge in [0.25, 0.3) is 5.91 Å². The van der Waals surface area contributed by atoms with Gasteiger partial charge in [0.15, 0.2) is 5.65 Å². The van der Waals surface area contributed by atoms with Gasteiger partial charge in [-0.3, -0.25) is 14.0 Å². The average Bonchev–Trinajstić information content (AvgIpc) is 3.08. The standard InChI is InChI=1S/C19H19F2N5O2/c20-13-6-7-14(15(21)12-13)19(28)23-9-3-5-18(27)22-10-8-17-25-24-16-4-1-2-11-26(16)17/h1-2,4,6-7,11-12H,3,5,8-10H2,(H,22,27)(H,23,28). The number of fused-ring (bicyclic) bond motifs is 1. The van der Waals surface area contributed by atoms with Crippen molar-refractivity contribution in [1.29, 1.82) is 0 Å². The van der Waals surface area contributed by atoms with E-state index in [-0.39, 0.29) is 24.4 Å². The molecular weight excluding hydrogens is 368 g/mol. The molecule has 0 atom stereocenters. The Kier molecular flexibility index (Phi) is 6.25. The minimum atomic E-state index is -0.920. The quantitative estimate of drug-likeness (QED) is 0.578. The van der Waals surface area contributed by atoms with Gasteiger partial charge < -0.3 is 10.6 Å². The van der Waals surface area contributed by atoms with Crippen LogP contribution in [0.1, 0.15) is 29.0 Å². The lowest BCUT2D eigenvalue weighted by Crippen LogP contribution is -2.29. The van der Waals surface area contributed by atoms with Crippen LogP contribution in [0, 0.1) is 11.6 Å². The van der Waals surface area contributed by atoms with Gasteiger partial charge in [-0.05, 0) is 30.7 Å². The summed E-state index contributed by atoms with van der Waals surface area (Å²) in [5, 5.41) is 13.4. The summed E-state index contributed by atoms with van der Waals surface area (Å²) in [7, 11) is 0. The van der Waals surface area contributed by atoms with Crippen molar-refractivity contribution in [3.8, 4) is 0 Å². The number of nitrogens with zero attached hydrogens (tertiary/aromatic N) is 3. The van der Waals surface area contributed by atoms with Crippen LogP contribution in [-0.4, -0.2) is 39.5 Å². The monoisotopic (exact) mass is 387 g/mol. The van der Waals surface area contributed by atoms with Crippen LogP contribution in [0.25, 0.3) is 5.65 Å². The number of aromatic nitrogens is 3.